The van der Waals surface area contributed by atoms with Gasteiger partial charge < -0.3 is 18.9 Å². The van der Waals surface area contributed by atoms with Gasteiger partial charge in [0, 0.05) is 44.1 Å². The summed E-state index contributed by atoms with van der Waals surface area (Å²) in [4.78, 5) is 25.2. The molecule has 1 aliphatic heterocycles. The van der Waals surface area contributed by atoms with Crippen LogP contribution in [0.15, 0.2) is 35.4 Å². The fraction of sp³-hybridized carbons (Fsp3) is 0.579. The zero-order valence-electron chi connectivity index (χ0n) is 16.0. The van der Waals surface area contributed by atoms with Crippen molar-refractivity contribution in [2.45, 2.75) is 51.1 Å². The van der Waals surface area contributed by atoms with E-state index in [1.165, 1.54) is 13.8 Å². The molecule has 9 nitrogen and oxygen atoms in total. The summed E-state index contributed by atoms with van der Waals surface area (Å²) in [5.41, 5.74) is 9.62. The van der Waals surface area contributed by atoms with Crippen molar-refractivity contribution in [2.75, 3.05) is 19.8 Å². The van der Waals surface area contributed by atoms with Gasteiger partial charge in [0.25, 0.3) is 0 Å². The highest BCUT2D eigenvalue weighted by atomic mass is 16.7. The van der Waals surface area contributed by atoms with Crippen molar-refractivity contribution in [1.82, 2.24) is 0 Å². The van der Waals surface area contributed by atoms with Gasteiger partial charge >= 0.3 is 11.9 Å². The quantitative estimate of drug-likeness (QED) is 0.276. The largest absolute Gasteiger partial charge is 0.463 e. The zero-order chi connectivity index (χ0) is 20.4. The molecular formula is C19H25N3O6. The Hall–Kier alpha value is -2.61. The zero-order valence-corrected chi connectivity index (χ0v) is 16.0. The first-order valence-corrected chi connectivity index (χ1v) is 9.11. The monoisotopic (exact) mass is 391 g/mol. The maximum absolute atomic E-state index is 11.3. The van der Waals surface area contributed by atoms with Crippen LogP contribution in [0.2, 0.25) is 0 Å². The Morgan fingerprint density at radius 1 is 1.25 bits per heavy atom. The smallest absolute Gasteiger partial charge is 0.302 e. The van der Waals surface area contributed by atoms with E-state index in [-0.39, 0.29) is 37.7 Å². The number of rotatable bonds is 9. The summed E-state index contributed by atoms with van der Waals surface area (Å²) in [6.07, 6.45) is -0.647. The lowest BCUT2D eigenvalue weighted by molar-refractivity contribution is -0.230. The van der Waals surface area contributed by atoms with Gasteiger partial charge in [0.05, 0.1) is 12.7 Å². The summed E-state index contributed by atoms with van der Waals surface area (Å²) in [5, 5.41) is 3.66. The summed E-state index contributed by atoms with van der Waals surface area (Å²) in [7, 11) is 0. The van der Waals surface area contributed by atoms with Crippen molar-refractivity contribution in [3.63, 3.8) is 0 Å². The minimum atomic E-state index is -0.629. The van der Waals surface area contributed by atoms with Gasteiger partial charge in [0.15, 0.2) is 6.29 Å². The average molecular weight is 391 g/mol. The van der Waals surface area contributed by atoms with E-state index in [1.54, 1.807) is 0 Å². The number of azide groups is 1. The number of benzene rings is 1. The molecule has 1 aliphatic rings. The van der Waals surface area contributed by atoms with Gasteiger partial charge in [-0.25, -0.2) is 0 Å². The molecule has 0 N–H and O–H groups in total. The second kappa shape index (κ2) is 11.3. The van der Waals surface area contributed by atoms with Gasteiger partial charge in [-0.05, 0) is 11.1 Å². The van der Waals surface area contributed by atoms with E-state index in [1.807, 2.05) is 30.3 Å². The summed E-state index contributed by atoms with van der Waals surface area (Å²) >= 11 is 0. The van der Waals surface area contributed by atoms with E-state index in [9.17, 15) is 9.59 Å². The van der Waals surface area contributed by atoms with Crippen LogP contribution in [0.25, 0.3) is 10.4 Å². The first-order valence-electron chi connectivity index (χ1n) is 9.11. The van der Waals surface area contributed by atoms with Crippen molar-refractivity contribution < 1.29 is 28.5 Å². The molecule has 152 valence electrons. The Bertz CT molecular complexity index is 692. The molecule has 1 fully saturated rings. The van der Waals surface area contributed by atoms with Crippen molar-refractivity contribution in [3.05, 3.63) is 46.3 Å². The van der Waals surface area contributed by atoms with Crippen LogP contribution < -0.4 is 0 Å². The van der Waals surface area contributed by atoms with Crippen LogP contribution in [-0.4, -0.2) is 50.2 Å². The molecule has 1 aromatic rings. The average Bonchev–Trinajstić information content (AvgIpc) is 2.66. The third kappa shape index (κ3) is 7.56. The fourth-order valence-corrected chi connectivity index (χ4v) is 3.02. The highest BCUT2D eigenvalue weighted by Crippen LogP contribution is 2.25. The molecule has 0 aromatic heterocycles. The van der Waals surface area contributed by atoms with E-state index in [0.29, 0.717) is 12.8 Å². The minimum absolute atomic E-state index is 0.0633. The number of ether oxygens (including phenoxy) is 4. The Morgan fingerprint density at radius 2 is 2.00 bits per heavy atom. The maximum Gasteiger partial charge on any atom is 0.302 e. The van der Waals surface area contributed by atoms with E-state index in [4.69, 9.17) is 24.5 Å². The van der Waals surface area contributed by atoms with Crippen molar-refractivity contribution in [1.29, 1.82) is 0 Å². The van der Waals surface area contributed by atoms with Crippen molar-refractivity contribution in [2.24, 2.45) is 5.11 Å². The Balaban J connectivity index is 2.00. The predicted molar refractivity (Wildman–Crippen MR) is 99.2 cm³/mol. The van der Waals surface area contributed by atoms with Gasteiger partial charge in [-0.3, -0.25) is 9.59 Å². The molecule has 2 rings (SSSR count). The van der Waals surface area contributed by atoms with Crippen LogP contribution in [-0.2, 0) is 28.5 Å². The topological polar surface area (TPSA) is 120 Å². The van der Waals surface area contributed by atoms with Gasteiger partial charge in [0.1, 0.15) is 12.7 Å². The van der Waals surface area contributed by atoms with Crippen molar-refractivity contribution >= 4 is 11.9 Å². The summed E-state index contributed by atoms with van der Waals surface area (Å²) in [5.74, 6) is -0.932. The molecule has 0 radical (unpaired) electrons. The maximum atomic E-state index is 11.3. The number of carbonyl (C=O) groups excluding carboxylic acids is 2. The Labute approximate surface area is 163 Å². The standard InChI is InChI=1S/C19H25N3O6/c1-13(23)25-12-18-8-17(27-14(2)24)9-19(28-18)26-11-16(10-21-22-20)15-6-4-3-5-7-15/h3-7,16-19H,8-12H2,1-2H3/t16?,17-,18-,19+/m0/s1. The molecular weight excluding hydrogens is 366 g/mol. The summed E-state index contributed by atoms with van der Waals surface area (Å²) in [6.45, 7) is 3.24. The Morgan fingerprint density at radius 3 is 2.64 bits per heavy atom. The van der Waals surface area contributed by atoms with E-state index < -0.39 is 18.4 Å². The fourth-order valence-electron chi connectivity index (χ4n) is 3.02. The summed E-state index contributed by atoms with van der Waals surface area (Å²) < 4.78 is 22.1. The first-order chi connectivity index (χ1) is 13.5. The number of esters is 2. The lowest BCUT2D eigenvalue weighted by atomic mass is 10.00. The number of hydrogen-bond acceptors (Lipinski definition) is 7. The molecule has 1 saturated heterocycles. The number of hydrogen-bond donors (Lipinski definition) is 0. The molecule has 4 atom stereocenters. The molecule has 0 amide bonds. The molecule has 0 saturated carbocycles. The highest BCUT2D eigenvalue weighted by molar-refractivity contribution is 5.66. The van der Waals surface area contributed by atoms with E-state index >= 15 is 0 Å². The highest BCUT2D eigenvalue weighted by Gasteiger charge is 2.33. The van der Waals surface area contributed by atoms with Crippen molar-refractivity contribution in [3.8, 4) is 0 Å². The number of carbonyl (C=O) groups is 2. The molecule has 1 unspecified atom stereocenters. The molecule has 0 aliphatic carbocycles. The second-order valence-electron chi connectivity index (χ2n) is 6.55. The number of nitrogens with zero attached hydrogens (tertiary/aromatic N) is 3. The normalized spacial score (nSPS) is 22.6. The lowest BCUT2D eigenvalue weighted by Gasteiger charge is -2.35. The minimum Gasteiger partial charge on any atom is -0.463 e. The van der Waals surface area contributed by atoms with Gasteiger partial charge in [-0.15, -0.1) is 0 Å². The van der Waals surface area contributed by atoms with Gasteiger partial charge in [-0.1, -0.05) is 35.4 Å². The van der Waals surface area contributed by atoms with Crippen LogP contribution in [0.5, 0.6) is 0 Å². The second-order valence-corrected chi connectivity index (χ2v) is 6.55. The van der Waals surface area contributed by atoms with Crippen LogP contribution in [0.3, 0.4) is 0 Å². The van der Waals surface area contributed by atoms with Crippen LogP contribution in [0.1, 0.15) is 38.2 Å². The Kier molecular flexibility index (Phi) is 8.74. The summed E-state index contributed by atoms with van der Waals surface area (Å²) in [6, 6.07) is 9.59. The SMILES string of the molecule is CC(=O)OC[C@@H]1C[C@H](OC(C)=O)C[C@H](OCC(CN=[N+]=[N-])c2ccccc2)O1. The van der Waals surface area contributed by atoms with Gasteiger partial charge in [-0.2, -0.15) is 0 Å². The first kappa shape index (κ1) is 21.7. The van der Waals surface area contributed by atoms with E-state index in [0.717, 1.165) is 5.56 Å². The third-order valence-electron chi connectivity index (χ3n) is 4.25. The van der Waals surface area contributed by atoms with Crippen LogP contribution in [0.4, 0.5) is 0 Å². The molecule has 9 heteroatoms. The molecule has 0 spiro atoms. The predicted octanol–water partition coefficient (Wildman–Crippen LogP) is 3.10. The van der Waals surface area contributed by atoms with Gasteiger partial charge in [0.2, 0.25) is 0 Å². The molecule has 1 heterocycles. The third-order valence-corrected chi connectivity index (χ3v) is 4.25. The van der Waals surface area contributed by atoms with Crippen LogP contribution in [0, 0.1) is 0 Å². The van der Waals surface area contributed by atoms with Crippen LogP contribution >= 0.6 is 0 Å². The molecule has 0 bridgehead atoms. The lowest BCUT2D eigenvalue weighted by Crippen LogP contribution is -2.41. The molecule has 1 aromatic carbocycles. The van der Waals surface area contributed by atoms with E-state index in [2.05, 4.69) is 10.0 Å². The molecule has 28 heavy (non-hydrogen) atoms.